The Kier molecular flexibility index (Phi) is 5.30. The van der Waals surface area contributed by atoms with E-state index in [0.29, 0.717) is 37.3 Å². The lowest BCUT2D eigenvalue weighted by Gasteiger charge is -2.35. The van der Waals surface area contributed by atoms with E-state index in [1.54, 1.807) is 43.6 Å². The Balaban J connectivity index is 2.04. The van der Waals surface area contributed by atoms with Crippen molar-refractivity contribution in [2.45, 2.75) is 33.3 Å². The smallest absolute Gasteiger partial charge is 0.410 e. The maximum Gasteiger partial charge on any atom is 0.410 e. The van der Waals surface area contributed by atoms with E-state index in [2.05, 4.69) is 0 Å². The fraction of sp³-hybridized carbons (Fsp3) is 0.529. The van der Waals surface area contributed by atoms with Gasteiger partial charge in [-0.2, -0.15) is 0 Å². The molecule has 2 amide bonds. The fourth-order valence-corrected chi connectivity index (χ4v) is 2.64. The minimum Gasteiger partial charge on any atom is -0.444 e. The van der Waals surface area contributed by atoms with E-state index >= 15 is 0 Å². The molecule has 25 heavy (non-hydrogen) atoms. The average Bonchev–Trinajstić information content (AvgIpc) is 2.52. The Morgan fingerprint density at radius 2 is 1.68 bits per heavy atom. The van der Waals surface area contributed by atoms with Crippen molar-refractivity contribution in [2.24, 2.45) is 0 Å². The first-order chi connectivity index (χ1) is 11.6. The molecule has 1 fully saturated rings. The van der Waals surface area contributed by atoms with Crippen LogP contribution in [0.3, 0.4) is 0 Å². The SMILES string of the molecule is Cc1c(C(=O)N2CCN(C(=O)OC(C)(C)C)CC2)cccc1[N+](=O)[O-]. The lowest BCUT2D eigenvalue weighted by molar-refractivity contribution is -0.385. The van der Waals surface area contributed by atoms with Crippen molar-refractivity contribution in [3.63, 3.8) is 0 Å². The average molecular weight is 349 g/mol. The summed E-state index contributed by atoms with van der Waals surface area (Å²) in [5.74, 6) is -0.259. The molecule has 1 heterocycles. The molecule has 1 aliphatic heterocycles. The molecule has 1 aromatic carbocycles. The van der Waals surface area contributed by atoms with Gasteiger partial charge in [-0.25, -0.2) is 4.79 Å². The molecule has 0 N–H and O–H groups in total. The van der Waals surface area contributed by atoms with Gasteiger partial charge in [-0.1, -0.05) is 6.07 Å². The number of nitrogens with zero attached hydrogens (tertiary/aromatic N) is 3. The predicted octanol–water partition coefficient (Wildman–Crippen LogP) is 2.60. The van der Waals surface area contributed by atoms with Crippen LogP contribution in [0, 0.1) is 17.0 Å². The second kappa shape index (κ2) is 7.08. The first-order valence-electron chi connectivity index (χ1n) is 8.11. The number of benzene rings is 1. The van der Waals surface area contributed by atoms with Crippen molar-refractivity contribution < 1.29 is 19.2 Å². The van der Waals surface area contributed by atoms with Crippen LogP contribution in [0.15, 0.2) is 18.2 Å². The van der Waals surface area contributed by atoms with Crippen molar-refractivity contribution in [3.8, 4) is 0 Å². The minimum atomic E-state index is -0.565. The van der Waals surface area contributed by atoms with Gasteiger partial charge in [0.1, 0.15) is 5.60 Å². The third-order valence-corrected chi connectivity index (χ3v) is 3.95. The van der Waals surface area contributed by atoms with Crippen LogP contribution in [-0.4, -0.2) is 58.5 Å². The molecule has 1 aromatic rings. The van der Waals surface area contributed by atoms with E-state index in [-0.39, 0.29) is 11.6 Å². The molecule has 0 saturated carbocycles. The summed E-state index contributed by atoms with van der Waals surface area (Å²) >= 11 is 0. The van der Waals surface area contributed by atoms with Crippen LogP contribution < -0.4 is 0 Å². The molecule has 136 valence electrons. The molecular formula is C17H23N3O5. The predicted molar refractivity (Wildman–Crippen MR) is 91.5 cm³/mol. The monoisotopic (exact) mass is 349 g/mol. The zero-order chi connectivity index (χ0) is 18.8. The summed E-state index contributed by atoms with van der Waals surface area (Å²) in [7, 11) is 0. The van der Waals surface area contributed by atoms with Crippen molar-refractivity contribution in [2.75, 3.05) is 26.2 Å². The zero-order valence-electron chi connectivity index (χ0n) is 14.9. The molecule has 8 heteroatoms. The summed E-state index contributed by atoms with van der Waals surface area (Å²) < 4.78 is 5.33. The fourth-order valence-electron chi connectivity index (χ4n) is 2.64. The van der Waals surface area contributed by atoms with Crippen molar-refractivity contribution in [1.29, 1.82) is 0 Å². The second-order valence-electron chi connectivity index (χ2n) is 6.97. The van der Waals surface area contributed by atoms with Gasteiger partial charge in [-0.05, 0) is 33.8 Å². The highest BCUT2D eigenvalue weighted by atomic mass is 16.6. The quantitative estimate of drug-likeness (QED) is 0.604. The van der Waals surface area contributed by atoms with Crippen LogP contribution >= 0.6 is 0 Å². The van der Waals surface area contributed by atoms with Crippen LogP contribution in [0.4, 0.5) is 10.5 Å². The molecule has 0 radical (unpaired) electrons. The van der Waals surface area contributed by atoms with Gasteiger partial charge in [0.15, 0.2) is 0 Å². The van der Waals surface area contributed by atoms with Gasteiger partial charge in [-0.15, -0.1) is 0 Å². The van der Waals surface area contributed by atoms with Gasteiger partial charge in [-0.3, -0.25) is 14.9 Å². The molecule has 0 aromatic heterocycles. The molecule has 0 spiro atoms. The maximum absolute atomic E-state index is 12.7. The number of hydrogen-bond donors (Lipinski definition) is 0. The van der Waals surface area contributed by atoms with Crippen molar-refractivity contribution >= 4 is 17.7 Å². The van der Waals surface area contributed by atoms with E-state index < -0.39 is 16.6 Å². The van der Waals surface area contributed by atoms with E-state index in [1.165, 1.54) is 12.1 Å². The first-order valence-corrected chi connectivity index (χ1v) is 8.11. The van der Waals surface area contributed by atoms with Gasteiger partial charge < -0.3 is 14.5 Å². The summed E-state index contributed by atoms with van der Waals surface area (Å²) in [6.45, 7) is 8.44. The summed E-state index contributed by atoms with van der Waals surface area (Å²) in [5.41, 5.74) is 0.0367. The van der Waals surface area contributed by atoms with Crippen LogP contribution in [0.2, 0.25) is 0 Å². The van der Waals surface area contributed by atoms with Gasteiger partial charge in [0, 0.05) is 43.4 Å². The van der Waals surface area contributed by atoms with Gasteiger partial charge in [0.05, 0.1) is 4.92 Å². The Bertz CT molecular complexity index is 688. The number of amides is 2. The molecule has 0 aliphatic carbocycles. The Morgan fingerprint density at radius 1 is 1.12 bits per heavy atom. The van der Waals surface area contributed by atoms with Crippen molar-refractivity contribution in [1.82, 2.24) is 9.80 Å². The highest BCUT2D eigenvalue weighted by Crippen LogP contribution is 2.23. The lowest BCUT2D eigenvalue weighted by atomic mass is 10.1. The number of hydrogen-bond acceptors (Lipinski definition) is 5. The normalized spacial score (nSPS) is 15.0. The number of rotatable bonds is 2. The number of ether oxygens (including phenoxy) is 1. The highest BCUT2D eigenvalue weighted by molar-refractivity contribution is 5.96. The van der Waals surface area contributed by atoms with Crippen LogP contribution in [-0.2, 0) is 4.74 Å². The standard InChI is InChI=1S/C17H23N3O5/c1-12-13(6-5-7-14(12)20(23)24)15(21)18-8-10-19(11-9-18)16(22)25-17(2,3)4/h5-7H,8-11H2,1-4H3. The number of nitro benzene ring substituents is 1. The van der Waals surface area contributed by atoms with Crippen LogP contribution in [0.1, 0.15) is 36.7 Å². The maximum atomic E-state index is 12.7. The van der Waals surface area contributed by atoms with Crippen LogP contribution in [0.5, 0.6) is 0 Å². The Hall–Kier alpha value is -2.64. The first kappa shape index (κ1) is 18.7. The van der Waals surface area contributed by atoms with E-state index in [4.69, 9.17) is 4.74 Å². The largest absolute Gasteiger partial charge is 0.444 e. The summed E-state index contributed by atoms with van der Waals surface area (Å²) in [6.07, 6.45) is -0.397. The van der Waals surface area contributed by atoms with E-state index in [9.17, 15) is 19.7 Å². The molecular weight excluding hydrogens is 326 g/mol. The van der Waals surface area contributed by atoms with Gasteiger partial charge in [0.25, 0.3) is 11.6 Å². The number of carbonyl (C=O) groups excluding carboxylic acids is 2. The topological polar surface area (TPSA) is 93.0 Å². The summed E-state index contributed by atoms with van der Waals surface area (Å²) in [5, 5.41) is 11.0. The van der Waals surface area contributed by atoms with Gasteiger partial charge >= 0.3 is 6.09 Å². The number of piperazine rings is 1. The third kappa shape index (κ3) is 4.46. The number of nitro groups is 1. The third-order valence-electron chi connectivity index (χ3n) is 3.95. The van der Waals surface area contributed by atoms with Gasteiger partial charge in [0.2, 0.25) is 0 Å². The van der Waals surface area contributed by atoms with E-state index in [0.717, 1.165) is 0 Å². The Labute approximate surface area is 146 Å². The van der Waals surface area contributed by atoms with E-state index in [1.807, 2.05) is 0 Å². The lowest BCUT2D eigenvalue weighted by Crippen LogP contribution is -2.51. The summed E-state index contributed by atoms with van der Waals surface area (Å²) in [6, 6.07) is 4.48. The van der Waals surface area contributed by atoms with Crippen LogP contribution in [0.25, 0.3) is 0 Å². The van der Waals surface area contributed by atoms with Crippen molar-refractivity contribution in [3.05, 3.63) is 39.4 Å². The molecule has 0 atom stereocenters. The molecule has 2 rings (SSSR count). The zero-order valence-corrected chi connectivity index (χ0v) is 14.9. The molecule has 8 nitrogen and oxygen atoms in total. The molecule has 1 aliphatic rings. The molecule has 0 bridgehead atoms. The summed E-state index contributed by atoms with van der Waals surface area (Å²) in [4.78, 5) is 38.4. The highest BCUT2D eigenvalue weighted by Gasteiger charge is 2.29. The molecule has 1 saturated heterocycles. The minimum absolute atomic E-state index is 0.0711. The molecule has 0 unspecified atom stereocenters. The second-order valence-corrected chi connectivity index (χ2v) is 6.97. The number of carbonyl (C=O) groups is 2. The Morgan fingerprint density at radius 3 is 2.20 bits per heavy atom.